The zero-order valence-electron chi connectivity index (χ0n) is 8.71. The lowest BCUT2D eigenvalue weighted by molar-refractivity contribution is 0.293. The highest BCUT2D eigenvalue weighted by Crippen LogP contribution is 2.35. The lowest BCUT2D eigenvalue weighted by Crippen LogP contribution is -2.00. The van der Waals surface area contributed by atoms with E-state index in [1.807, 2.05) is 6.92 Å². The first-order valence-corrected chi connectivity index (χ1v) is 5.43. The molecule has 0 atom stereocenters. The maximum atomic E-state index is 9.00. The molecule has 0 heterocycles. The Hall–Kier alpha value is -1.21. The number of nitriles is 1. The van der Waals surface area contributed by atoms with Crippen LogP contribution in [0, 0.1) is 11.3 Å². The largest absolute Gasteiger partial charge is 0.493 e. The minimum absolute atomic E-state index is 0.475. The van der Waals surface area contributed by atoms with Gasteiger partial charge in [0.25, 0.3) is 0 Å². The quantitative estimate of drug-likeness (QED) is 0.844. The van der Waals surface area contributed by atoms with Gasteiger partial charge in [-0.25, -0.2) is 0 Å². The van der Waals surface area contributed by atoms with Gasteiger partial charge in [-0.3, -0.25) is 0 Å². The Morgan fingerprint density at radius 1 is 1.47 bits per heavy atom. The third-order valence-corrected chi connectivity index (χ3v) is 2.51. The first kappa shape index (κ1) is 11.9. The predicted molar refractivity (Wildman–Crippen MR) is 61.2 cm³/mol. The van der Waals surface area contributed by atoms with E-state index in [0.717, 1.165) is 10.9 Å². The molecular formula is C11H12BrNO2. The Morgan fingerprint density at radius 3 is 2.73 bits per heavy atom. The fraction of sp³-hybridized carbons (Fsp3) is 0.364. The molecule has 0 saturated carbocycles. The van der Waals surface area contributed by atoms with Gasteiger partial charge in [0.15, 0.2) is 11.5 Å². The van der Waals surface area contributed by atoms with Crippen LogP contribution in [0.4, 0.5) is 0 Å². The molecule has 0 saturated heterocycles. The molecule has 0 aromatic heterocycles. The number of rotatable bonds is 4. The van der Waals surface area contributed by atoms with Crippen molar-refractivity contribution in [1.82, 2.24) is 0 Å². The van der Waals surface area contributed by atoms with Crippen molar-refractivity contribution >= 4 is 15.9 Å². The highest BCUT2D eigenvalue weighted by Gasteiger charge is 2.13. The van der Waals surface area contributed by atoms with Crippen LogP contribution in [0.25, 0.3) is 0 Å². The van der Waals surface area contributed by atoms with E-state index in [4.69, 9.17) is 14.7 Å². The minimum Gasteiger partial charge on any atom is -0.493 e. The summed E-state index contributed by atoms with van der Waals surface area (Å²) in [4.78, 5) is 0. The molecule has 0 aliphatic carbocycles. The summed E-state index contributed by atoms with van der Waals surface area (Å²) >= 11 is 3.30. The molecule has 0 radical (unpaired) electrons. The van der Waals surface area contributed by atoms with Gasteiger partial charge in [0.05, 0.1) is 13.7 Å². The highest BCUT2D eigenvalue weighted by molar-refractivity contribution is 9.10. The van der Waals surface area contributed by atoms with Crippen molar-refractivity contribution < 1.29 is 9.47 Å². The third kappa shape index (κ3) is 2.63. The zero-order valence-corrected chi connectivity index (χ0v) is 10.3. The SMILES string of the molecule is CCCOc1c(OC)ccc(Br)c1C#N. The summed E-state index contributed by atoms with van der Waals surface area (Å²) < 4.78 is 11.4. The van der Waals surface area contributed by atoms with E-state index in [-0.39, 0.29) is 0 Å². The van der Waals surface area contributed by atoms with Crippen molar-refractivity contribution in [3.8, 4) is 17.6 Å². The smallest absolute Gasteiger partial charge is 0.180 e. The van der Waals surface area contributed by atoms with Crippen molar-refractivity contribution in [3.05, 3.63) is 22.2 Å². The molecule has 0 aliphatic heterocycles. The van der Waals surface area contributed by atoms with E-state index in [2.05, 4.69) is 22.0 Å². The second-order valence-corrected chi connectivity index (χ2v) is 3.77. The molecule has 0 amide bonds. The van der Waals surface area contributed by atoms with Gasteiger partial charge in [-0.15, -0.1) is 0 Å². The Balaban J connectivity index is 3.16. The molecule has 1 rings (SSSR count). The minimum atomic E-state index is 0.475. The molecule has 3 nitrogen and oxygen atoms in total. The van der Waals surface area contributed by atoms with Gasteiger partial charge < -0.3 is 9.47 Å². The van der Waals surface area contributed by atoms with Crippen LogP contribution in [0.2, 0.25) is 0 Å². The van der Waals surface area contributed by atoms with Gasteiger partial charge in [0.2, 0.25) is 0 Å². The van der Waals surface area contributed by atoms with E-state index in [1.54, 1.807) is 19.2 Å². The molecule has 0 unspecified atom stereocenters. The number of benzene rings is 1. The average molecular weight is 270 g/mol. The lowest BCUT2D eigenvalue weighted by atomic mass is 10.2. The number of methoxy groups -OCH3 is 1. The molecule has 0 fully saturated rings. The summed E-state index contributed by atoms with van der Waals surface area (Å²) in [6.07, 6.45) is 0.889. The van der Waals surface area contributed by atoms with E-state index in [0.29, 0.717) is 23.7 Å². The van der Waals surface area contributed by atoms with Crippen molar-refractivity contribution in [2.24, 2.45) is 0 Å². The van der Waals surface area contributed by atoms with Crippen molar-refractivity contribution in [2.45, 2.75) is 13.3 Å². The van der Waals surface area contributed by atoms with Crippen molar-refractivity contribution in [1.29, 1.82) is 5.26 Å². The van der Waals surface area contributed by atoms with E-state index < -0.39 is 0 Å². The Bertz CT molecular complexity index is 385. The maximum absolute atomic E-state index is 9.00. The van der Waals surface area contributed by atoms with Crippen LogP contribution in [0.1, 0.15) is 18.9 Å². The molecule has 1 aromatic rings. The van der Waals surface area contributed by atoms with Gasteiger partial charge >= 0.3 is 0 Å². The number of nitrogens with zero attached hydrogens (tertiary/aromatic N) is 1. The number of hydrogen-bond acceptors (Lipinski definition) is 3. The Labute approximate surface area is 97.7 Å². The first-order valence-electron chi connectivity index (χ1n) is 4.64. The maximum Gasteiger partial charge on any atom is 0.180 e. The normalized spacial score (nSPS) is 9.47. The molecule has 15 heavy (non-hydrogen) atoms. The summed E-state index contributed by atoms with van der Waals surface area (Å²) in [6.45, 7) is 2.58. The van der Waals surface area contributed by atoms with E-state index >= 15 is 0 Å². The molecule has 1 aromatic carbocycles. The van der Waals surface area contributed by atoms with Gasteiger partial charge in [-0.05, 0) is 34.5 Å². The number of ether oxygens (including phenoxy) is 2. The van der Waals surface area contributed by atoms with Crippen LogP contribution in [0.15, 0.2) is 16.6 Å². The monoisotopic (exact) mass is 269 g/mol. The summed E-state index contributed by atoms with van der Waals surface area (Å²) in [5.74, 6) is 1.10. The average Bonchev–Trinajstić information content (AvgIpc) is 2.26. The Kier molecular flexibility index (Phi) is 4.44. The van der Waals surface area contributed by atoms with Crippen LogP contribution in [-0.4, -0.2) is 13.7 Å². The summed E-state index contributed by atoms with van der Waals surface area (Å²) in [5, 5.41) is 9.00. The zero-order chi connectivity index (χ0) is 11.3. The summed E-state index contributed by atoms with van der Waals surface area (Å²) in [5.41, 5.74) is 0.475. The van der Waals surface area contributed by atoms with Gasteiger partial charge in [-0.2, -0.15) is 5.26 Å². The second kappa shape index (κ2) is 5.62. The summed E-state index contributed by atoms with van der Waals surface area (Å²) in [7, 11) is 1.56. The highest BCUT2D eigenvalue weighted by atomic mass is 79.9. The topological polar surface area (TPSA) is 42.2 Å². The standard InChI is InChI=1S/C11H12BrNO2/c1-3-6-15-11-8(7-13)9(12)4-5-10(11)14-2/h4-5H,3,6H2,1-2H3. The van der Waals surface area contributed by atoms with E-state index in [1.165, 1.54) is 0 Å². The first-order chi connectivity index (χ1) is 7.24. The molecule has 0 spiro atoms. The summed E-state index contributed by atoms with van der Waals surface area (Å²) in [6, 6.07) is 5.64. The van der Waals surface area contributed by atoms with E-state index in [9.17, 15) is 0 Å². The van der Waals surface area contributed by atoms with Crippen LogP contribution < -0.4 is 9.47 Å². The molecule has 0 N–H and O–H groups in total. The fourth-order valence-electron chi connectivity index (χ4n) is 1.15. The molecule has 0 bridgehead atoms. The van der Waals surface area contributed by atoms with Crippen LogP contribution in [-0.2, 0) is 0 Å². The van der Waals surface area contributed by atoms with Crippen LogP contribution in [0.5, 0.6) is 11.5 Å². The van der Waals surface area contributed by atoms with Crippen molar-refractivity contribution in [3.63, 3.8) is 0 Å². The van der Waals surface area contributed by atoms with Gasteiger partial charge in [0.1, 0.15) is 11.6 Å². The molecule has 80 valence electrons. The fourth-order valence-corrected chi connectivity index (χ4v) is 1.55. The molecule has 4 heteroatoms. The molecular weight excluding hydrogens is 258 g/mol. The van der Waals surface area contributed by atoms with Gasteiger partial charge in [-0.1, -0.05) is 6.92 Å². The Morgan fingerprint density at radius 2 is 2.20 bits per heavy atom. The number of hydrogen-bond donors (Lipinski definition) is 0. The lowest BCUT2D eigenvalue weighted by Gasteiger charge is -2.12. The van der Waals surface area contributed by atoms with Gasteiger partial charge in [0, 0.05) is 4.47 Å². The number of halogens is 1. The van der Waals surface area contributed by atoms with Crippen LogP contribution in [0.3, 0.4) is 0 Å². The predicted octanol–water partition coefficient (Wildman–Crippen LogP) is 3.12. The van der Waals surface area contributed by atoms with Crippen molar-refractivity contribution in [2.75, 3.05) is 13.7 Å². The van der Waals surface area contributed by atoms with Crippen LogP contribution >= 0.6 is 15.9 Å². The third-order valence-electron chi connectivity index (χ3n) is 1.85. The molecule has 0 aliphatic rings. The second-order valence-electron chi connectivity index (χ2n) is 2.91.